The van der Waals surface area contributed by atoms with Crippen molar-refractivity contribution in [2.75, 3.05) is 0 Å². The van der Waals surface area contributed by atoms with Crippen LogP contribution in [0.15, 0.2) is 60.7 Å². The van der Waals surface area contributed by atoms with E-state index in [0.29, 0.717) is 11.3 Å². The lowest BCUT2D eigenvalue weighted by atomic mass is 10.1. The molecule has 0 atom stereocenters. The van der Waals surface area contributed by atoms with Crippen LogP contribution in [0.25, 0.3) is 0 Å². The molecule has 0 unspecified atom stereocenters. The van der Waals surface area contributed by atoms with Crippen molar-refractivity contribution in [3.8, 4) is 5.75 Å². The third-order valence-corrected chi connectivity index (χ3v) is 3.09. The zero-order chi connectivity index (χ0) is 13.0. The summed E-state index contributed by atoms with van der Waals surface area (Å²) >= 11 is 12.1. The highest BCUT2D eigenvalue weighted by Gasteiger charge is 2.37. The molecule has 2 aromatic carbocycles. The van der Waals surface area contributed by atoms with E-state index in [1.54, 1.807) is 48.5 Å². The molecule has 0 N–H and O–H groups in total. The van der Waals surface area contributed by atoms with Gasteiger partial charge < -0.3 is 4.74 Å². The molecule has 0 aliphatic heterocycles. The van der Waals surface area contributed by atoms with Gasteiger partial charge in [-0.25, -0.2) is 4.79 Å². The molecule has 2 rings (SSSR count). The Labute approximate surface area is 115 Å². The molecule has 0 saturated carbocycles. The number of ether oxygens (including phenoxy) is 1. The molecule has 0 saturated heterocycles. The van der Waals surface area contributed by atoms with Crippen molar-refractivity contribution in [3.63, 3.8) is 0 Å². The molecule has 0 radical (unpaired) electrons. The van der Waals surface area contributed by atoms with Crippen molar-refractivity contribution in [3.05, 3.63) is 66.2 Å². The van der Waals surface area contributed by atoms with Gasteiger partial charge in [0.15, 0.2) is 0 Å². The molecule has 0 amide bonds. The van der Waals surface area contributed by atoms with Gasteiger partial charge in [0, 0.05) is 0 Å². The minimum Gasteiger partial charge on any atom is -0.424 e. The number of benzene rings is 2. The standard InChI is InChI=1S/C14H10Cl2O2/c15-14(16,11-7-3-1-4-8-11)13(17)18-12-9-5-2-6-10-12/h1-10H. The Morgan fingerprint density at radius 3 is 1.94 bits per heavy atom. The van der Waals surface area contributed by atoms with E-state index in [4.69, 9.17) is 27.9 Å². The second kappa shape index (κ2) is 5.42. The van der Waals surface area contributed by atoms with E-state index in [0.717, 1.165) is 0 Å². The van der Waals surface area contributed by atoms with Crippen molar-refractivity contribution in [2.45, 2.75) is 4.33 Å². The fourth-order valence-corrected chi connectivity index (χ4v) is 1.75. The van der Waals surface area contributed by atoms with Crippen molar-refractivity contribution in [2.24, 2.45) is 0 Å². The fourth-order valence-electron chi connectivity index (χ4n) is 1.42. The minimum atomic E-state index is -1.71. The summed E-state index contributed by atoms with van der Waals surface area (Å²) in [5.41, 5.74) is 0.481. The van der Waals surface area contributed by atoms with E-state index >= 15 is 0 Å². The average molecular weight is 281 g/mol. The Kier molecular flexibility index (Phi) is 3.90. The van der Waals surface area contributed by atoms with Crippen LogP contribution in [0.1, 0.15) is 5.56 Å². The highest BCUT2D eigenvalue weighted by molar-refractivity contribution is 6.57. The largest absolute Gasteiger partial charge is 0.424 e. The number of alkyl halides is 2. The Balaban J connectivity index is 2.18. The summed E-state index contributed by atoms with van der Waals surface area (Å²) in [5, 5.41) is 0. The molecule has 2 aromatic rings. The molecule has 0 spiro atoms. The average Bonchev–Trinajstić information content (AvgIpc) is 2.41. The summed E-state index contributed by atoms with van der Waals surface area (Å²) < 4.78 is 3.42. The van der Waals surface area contributed by atoms with E-state index < -0.39 is 10.3 Å². The second-order valence-corrected chi connectivity index (χ2v) is 4.97. The SMILES string of the molecule is O=C(Oc1ccccc1)C(Cl)(Cl)c1ccccc1. The Morgan fingerprint density at radius 2 is 1.39 bits per heavy atom. The monoisotopic (exact) mass is 280 g/mol. The van der Waals surface area contributed by atoms with Crippen molar-refractivity contribution >= 4 is 29.2 Å². The van der Waals surface area contributed by atoms with Crippen LogP contribution < -0.4 is 4.74 Å². The van der Waals surface area contributed by atoms with E-state index in [1.807, 2.05) is 12.1 Å². The first kappa shape index (κ1) is 12.9. The molecule has 0 aliphatic rings. The summed E-state index contributed by atoms with van der Waals surface area (Å²) in [5.74, 6) is -0.313. The normalized spacial score (nSPS) is 11.0. The number of carbonyl (C=O) groups excluding carboxylic acids is 1. The lowest BCUT2D eigenvalue weighted by Gasteiger charge is -2.18. The third kappa shape index (κ3) is 2.84. The lowest BCUT2D eigenvalue weighted by Crippen LogP contribution is -2.28. The highest BCUT2D eigenvalue weighted by Crippen LogP contribution is 2.35. The van der Waals surface area contributed by atoms with Gasteiger partial charge in [0.05, 0.1) is 0 Å². The van der Waals surface area contributed by atoms with Gasteiger partial charge in [0.2, 0.25) is 4.33 Å². The van der Waals surface area contributed by atoms with Crippen LogP contribution in [-0.4, -0.2) is 5.97 Å². The Bertz CT molecular complexity index is 524. The number of carbonyl (C=O) groups is 1. The van der Waals surface area contributed by atoms with E-state index in [2.05, 4.69) is 0 Å². The fraction of sp³-hybridized carbons (Fsp3) is 0.0714. The molecule has 0 bridgehead atoms. The third-order valence-electron chi connectivity index (χ3n) is 2.35. The number of esters is 1. The van der Waals surface area contributed by atoms with Crippen LogP contribution in [0.5, 0.6) is 5.75 Å². The number of rotatable bonds is 3. The maximum absolute atomic E-state index is 11.9. The molecule has 0 heterocycles. The first-order chi connectivity index (χ1) is 8.60. The van der Waals surface area contributed by atoms with Crippen molar-refractivity contribution < 1.29 is 9.53 Å². The minimum absolute atomic E-state index is 0.407. The van der Waals surface area contributed by atoms with E-state index in [9.17, 15) is 4.79 Å². The van der Waals surface area contributed by atoms with Crippen LogP contribution in [0.3, 0.4) is 0 Å². The molecule has 2 nitrogen and oxygen atoms in total. The summed E-state index contributed by atoms with van der Waals surface area (Å²) in [4.78, 5) is 11.9. The van der Waals surface area contributed by atoms with Crippen LogP contribution in [0.4, 0.5) is 0 Å². The van der Waals surface area contributed by atoms with Crippen LogP contribution >= 0.6 is 23.2 Å². The van der Waals surface area contributed by atoms with Crippen LogP contribution in [0.2, 0.25) is 0 Å². The van der Waals surface area contributed by atoms with Gasteiger partial charge >= 0.3 is 5.97 Å². The maximum Gasteiger partial charge on any atom is 0.352 e. The predicted octanol–water partition coefficient (Wildman–Crippen LogP) is 3.92. The van der Waals surface area contributed by atoms with Crippen molar-refractivity contribution in [1.82, 2.24) is 0 Å². The number of hydrogen-bond acceptors (Lipinski definition) is 2. The van der Waals surface area contributed by atoms with E-state index in [-0.39, 0.29) is 0 Å². The second-order valence-electron chi connectivity index (χ2n) is 3.64. The molecular weight excluding hydrogens is 271 g/mol. The van der Waals surface area contributed by atoms with Gasteiger partial charge in [-0.1, -0.05) is 71.7 Å². The summed E-state index contributed by atoms with van der Waals surface area (Å²) in [6.07, 6.45) is 0. The first-order valence-electron chi connectivity index (χ1n) is 5.31. The number of halogens is 2. The van der Waals surface area contributed by atoms with Crippen LogP contribution in [0, 0.1) is 0 Å². The topological polar surface area (TPSA) is 26.3 Å². The first-order valence-corrected chi connectivity index (χ1v) is 6.07. The van der Waals surface area contributed by atoms with Gasteiger partial charge in [-0.2, -0.15) is 0 Å². The summed E-state index contributed by atoms with van der Waals surface area (Å²) in [7, 11) is 0. The molecule has 92 valence electrons. The molecule has 0 fully saturated rings. The Morgan fingerprint density at radius 1 is 0.889 bits per heavy atom. The summed E-state index contributed by atoms with van der Waals surface area (Å²) in [6, 6.07) is 17.3. The summed E-state index contributed by atoms with van der Waals surface area (Å²) in [6.45, 7) is 0. The number of para-hydroxylation sites is 1. The van der Waals surface area contributed by atoms with Gasteiger partial charge in [-0.15, -0.1) is 0 Å². The molecule has 0 aromatic heterocycles. The molecule has 0 aliphatic carbocycles. The quantitative estimate of drug-likeness (QED) is 0.484. The molecular formula is C14H10Cl2O2. The Hall–Kier alpha value is -1.51. The highest BCUT2D eigenvalue weighted by atomic mass is 35.5. The van der Waals surface area contributed by atoms with E-state index in [1.165, 1.54) is 0 Å². The maximum atomic E-state index is 11.9. The molecule has 18 heavy (non-hydrogen) atoms. The number of hydrogen-bond donors (Lipinski definition) is 0. The zero-order valence-electron chi connectivity index (χ0n) is 9.35. The van der Waals surface area contributed by atoms with Gasteiger partial charge in [-0.3, -0.25) is 0 Å². The van der Waals surface area contributed by atoms with Gasteiger partial charge in [0.25, 0.3) is 0 Å². The van der Waals surface area contributed by atoms with Gasteiger partial charge in [-0.05, 0) is 17.7 Å². The van der Waals surface area contributed by atoms with Crippen LogP contribution in [-0.2, 0) is 9.13 Å². The lowest BCUT2D eigenvalue weighted by molar-refractivity contribution is -0.135. The van der Waals surface area contributed by atoms with Crippen molar-refractivity contribution in [1.29, 1.82) is 0 Å². The van der Waals surface area contributed by atoms with Gasteiger partial charge in [0.1, 0.15) is 5.75 Å². The molecule has 4 heteroatoms. The smallest absolute Gasteiger partial charge is 0.352 e. The predicted molar refractivity (Wildman–Crippen MR) is 71.9 cm³/mol. The zero-order valence-corrected chi connectivity index (χ0v) is 10.9.